The summed E-state index contributed by atoms with van der Waals surface area (Å²) < 4.78 is 0.368. The Balaban J connectivity index is 0.000000873. The van der Waals surface area contributed by atoms with Crippen LogP contribution >= 0.6 is 22.6 Å². The second-order valence-electron chi connectivity index (χ2n) is 6.37. The molecule has 0 heterocycles. The van der Waals surface area contributed by atoms with E-state index in [1.165, 1.54) is 24.8 Å². The smallest absolute Gasteiger partial charge is 0.0231 e. The lowest BCUT2D eigenvalue weighted by Gasteiger charge is -2.32. The van der Waals surface area contributed by atoms with Gasteiger partial charge in [-0.1, -0.05) is 95.7 Å². The summed E-state index contributed by atoms with van der Waals surface area (Å²) in [7, 11) is 0. The molecule has 1 atom stereocenters. The molecule has 0 aromatic heterocycles. The van der Waals surface area contributed by atoms with Crippen molar-refractivity contribution in [3.05, 3.63) is 23.8 Å². The Bertz CT molecular complexity index is 289. The highest BCUT2D eigenvalue weighted by Gasteiger charge is 2.27. The molecule has 0 saturated heterocycles. The number of alkyl halides is 1. The molecule has 1 heteroatoms. The molecule has 106 valence electrons. The van der Waals surface area contributed by atoms with Gasteiger partial charge in [0.15, 0.2) is 0 Å². The average molecular weight is 362 g/mol. The highest BCUT2D eigenvalue weighted by Crippen LogP contribution is 2.39. The van der Waals surface area contributed by atoms with Crippen LogP contribution in [0.25, 0.3) is 0 Å². The molecule has 0 N–H and O–H groups in total. The van der Waals surface area contributed by atoms with Gasteiger partial charge in [0.2, 0.25) is 0 Å². The summed E-state index contributed by atoms with van der Waals surface area (Å²) in [6.07, 6.45) is 10.8. The highest BCUT2D eigenvalue weighted by molar-refractivity contribution is 14.1. The maximum Gasteiger partial charge on any atom is 0.0231 e. The first-order chi connectivity index (χ1) is 8.19. The van der Waals surface area contributed by atoms with E-state index >= 15 is 0 Å². The molecule has 1 unspecified atom stereocenters. The SMILES string of the molecule is CCC.CCC(C)(C)C1=CCC(C(C)(C)I)C=C1. The van der Waals surface area contributed by atoms with Crippen molar-refractivity contribution in [1.29, 1.82) is 0 Å². The fourth-order valence-corrected chi connectivity index (χ4v) is 2.30. The summed E-state index contributed by atoms with van der Waals surface area (Å²) in [4.78, 5) is 0. The number of rotatable bonds is 3. The topological polar surface area (TPSA) is 0 Å². The minimum Gasteiger partial charge on any atom is -0.0801 e. The van der Waals surface area contributed by atoms with E-state index in [1.807, 2.05) is 0 Å². The lowest BCUT2D eigenvalue weighted by Crippen LogP contribution is -2.24. The zero-order valence-electron chi connectivity index (χ0n) is 13.3. The summed E-state index contributed by atoms with van der Waals surface area (Å²) in [6.45, 7) is 15.8. The van der Waals surface area contributed by atoms with E-state index in [4.69, 9.17) is 0 Å². The van der Waals surface area contributed by atoms with Crippen LogP contribution < -0.4 is 0 Å². The van der Waals surface area contributed by atoms with E-state index in [1.54, 1.807) is 0 Å². The van der Waals surface area contributed by atoms with Gasteiger partial charge >= 0.3 is 0 Å². The van der Waals surface area contributed by atoms with E-state index < -0.39 is 0 Å². The molecule has 0 spiro atoms. The third-order valence-electron chi connectivity index (χ3n) is 3.65. The Morgan fingerprint density at radius 3 is 1.94 bits per heavy atom. The van der Waals surface area contributed by atoms with Crippen LogP contribution in [-0.2, 0) is 0 Å². The van der Waals surface area contributed by atoms with Crippen molar-refractivity contribution in [3.8, 4) is 0 Å². The average Bonchev–Trinajstić information content (AvgIpc) is 2.29. The summed E-state index contributed by atoms with van der Waals surface area (Å²) in [6, 6.07) is 0. The van der Waals surface area contributed by atoms with E-state index in [2.05, 4.69) is 89.3 Å². The van der Waals surface area contributed by atoms with Gasteiger partial charge in [0.25, 0.3) is 0 Å². The molecule has 0 nitrogen and oxygen atoms in total. The van der Waals surface area contributed by atoms with Gasteiger partial charge in [-0.05, 0) is 29.7 Å². The van der Waals surface area contributed by atoms with Crippen molar-refractivity contribution >= 4 is 22.6 Å². The van der Waals surface area contributed by atoms with Crippen LogP contribution in [0.2, 0.25) is 0 Å². The Hall–Kier alpha value is 0.210. The molecule has 0 bridgehead atoms. The minimum atomic E-state index is 0.344. The number of hydrogen-bond acceptors (Lipinski definition) is 0. The fraction of sp³-hybridized carbons (Fsp3) is 0.765. The van der Waals surface area contributed by atoms with Crippen LogP contribution in [0.1, 0.15) is 67.7 Å². The van der Waals surface area contributed by atoms with Crippen LogP contribution in [0.5, 0.6) is 0 Å². The third-order valence-corrected chi connectivity index (χ3v) is 4.45. The van der Waals surface area contributed by atoms with E-state index in [0.29, 0.717) is 14.8 Å². The monoisotopic (exact) mass is 362 g/mol. The third kappa shape index (κ3) is 5.90. The molecule has 0 amide bonds. The highest BCUT2D eigenvalue weighted by atomic mass is 127. The molecule has 0 aromatic carbocycles. The van der Waals surface area contributed by atoms with Crippen LogP contribution in [-0.4, -0.2) is 3.42 Å². The summed E-state index contributed by atoms with van der Waals surface area (Å²) in [5.74, 6) is 0.689. The fourth-order valence-electron chi connectivity index (χ4n) is 1.84. The van der Waals surface area contributed by atoms with Gasteiger partial charge in [-0.2, -0.15) is 0 Å². The first-order valence-electron chi connectivity index (χ1n) is 7.26. The molecule has 18 heavy (non-hydrogen) atoms. The zero-order valence-corrected chi connectivity index (χ0v) is 15.5. The molecule has 1 rings (SSSR count). The van der Waals surface area contributed by atoms with Gasteiger partial charge in [-0.15, -0.1) is 0 Å². The van der Waals surface area contributed by atoms with Crippen molar-refractivity contribution in [1.82, 2.24) is 0 Å². The molecule has 0 aromatic rings. The van der Waals surface area contributed by atoms with E-state index in [9.17, 15) is 0 Å². The van der Waals surface area contributed by atoms with Gasteiger partial charge in [-0.3, -0.25) is 0 Å². The second kappa shape index (κ2) is 7.72. The normalized spacial score (nSPS) is 20.0. The lowest BCUT2D eigenvalue weighted by atomic mass is 9.76. The van der Waals surface area contributed by atoms with Crippen molar-refractivity contribution < 1.29 is 0 Å². The van der Waals surface area contributed by atoms with Gasteiger partial charge in [0.05, 0.1) is 0 Å². The van der Waals surface area contributed by atoms with Gasteiger partial charge in [0, 0.05) is 3.42 Å². The molecule has 0 aliphatic heterocycles. The van der Waals surface area contributed by atoms with Gasteiger partial charge < -0.3 is 0 Å². The molecule has 0 saturated carbocycles. The summed E-state index contributed by atoms with van der Waals surface area (Å²) in [5, 5.41) is 0. The maximum atomic E-state index is 2.55. The van der Waals surface area contributed by atoms with E-state index in [0.717, 1.165) is 0 Å². The zero-order chi connectivity index (χ0) is 14.4. The minimum absolute atomic E-state index is 0.344. The molecule has 1 aliphatic carbocycles. The first kappa shape index (κ1) is 18.2. The molecule has 1 aliphatic rings. The molecular formula is C17H31I. The van der Waals surface area contributed by atoms with Crippen LogP contribution in [0, 0.1) is 11.3 Å². The maximum absolute atomic E-state index is 2.55. The quantitative estimate of drug-likeness (QED) is 0.394. The van der Waals surface area contributed by atoms with Crippen molar-refractivity contribution in [2.45, 2.75) is 71.2 Å². The first-order valence-corrected chi connectivity index (χ1v) is 8.34. The second-order valence-corrected chi connectivity index (χ2v) is 9.15. The lowest BCUT2D eigenvalue weighted by molar-refractivity contribution is 0.428. The van der Waals surface area contributed by atoms with Crippen LogP contribution in [0.15, 0.2) is 23.8 Å². The van der Waals surface area contributed by atoms with Crippen LogP contribution in [0.4, 0.5) is 0 Å². The Labute approximate surface area is 128 Å². The number of halogens is 1. The summed E-state index contributed by atoms with van der Waals surface area (Å²) >= 11 is 2.55. The Morgan fingerprint density at radius 2 is 1.67 bits per heavy atom. The summed E-state index contributed by atoms with van der Waals surface area (Å²) in [5.41, 5.74) is 1.86. The van der Waals surface area contributed by atoms with Crippen molar-refractivity contribution in [2.24, 2.45) is 11.3 Å². The number of hydrogen-bond donors (Lipinski definition) is 0. The largest absolute Gasteiger partial charge is 0.0801 e. The van der Waals surface area contributed by atoms with E-state index in [-0.39, 0.29) is 0 Å². The predicted octanol–water partition coefficient (Wildman–Crippen LogP) is 6.56. The van der Waals surface area contributed by atoms with Gasteiger partial charge in [-0.25, -0.2) is 0 Å². The Kier molecular flexibility index (Phi) is 7.81. The Morgan fingerprint density at radius 1 is 1.17 bits per heavy atom. The number of allylic oxidation sites excluding steroid dienone is 4. The molecular weight excluding hydrogens is 331 g/mol. The standard InChI is InChI=1S/C14H23I.C3H8/c1-6-13(2,3)11-7-9-12(10-8-11)14(4,5)15;1-3-2/h7-9,12H,6,10H2,1-5H3;3H2,1-2H3. The van der Waals surface area contributed by atoms with Gasteiger partial charge in [0.1, 0.15) is 0 Å². The molecule has 0 radical (unpaired) electrons. The molecule has 0 fully saturated rings. The van der Waals surface area contributed by atoms with Crippen molar-refractivity contribution in [3.63, 3.8) is 0 Å². The predicted molar refractivity (Wildman–Crippen MR) is 93.5 cm³/mol. The van der Waals surface area contributed by atoms with Crippen molar-refractivity contribution in [2.75, 3.05) is 0 Å². The van der Waals surface area contributed by atoms with Crippen LogP contribution in [0.3, 0.4) is 0 Å².